The van der Waals surface area contributed by atoms with Gasteiger partial charge >= 0.3 is 0 Å². The summed E-state index contributed by atoms with van der Waals surface area (Å²) in [6, 6.07) is 13.4. The molecule has 0 aliphatic heterocycles. The Bertz CT molecular complexity index is 769. The van der Waals surface area contributed by atoms with Crippen LogP contribution in [0.3, 0.4) is 0 Å². The van der Waals surface area contributed by atoms with Crippen LogP contribution < -0.4 is 19.5 Å². The van der Waals surface area contributed by atoms with Crippen molar-refractivity contribution < 1.29 is 19.0 Å². The van der Waals surface area contributed by atoms with E-state index in [1.165, 1.54) is 12.8 Å². The molecule has 0 spiro atoms. The molecule has 5 heteroatoms. The Kier molecular flexibility index (Phi) is 6.58. The molecule has 1 aliphatic carbocycles. The molecule has 5 nitrogen and oxygen atoms in total. The Morgan fingerprint density at radius 3 is 2.52 bits per heavy atom. The van der Waals surface area contributed by atoms with Crippen molar-refractivity contribution in [2.24, 2.45) is 0 Å². The van der Waals surface area contributed by atoms with E-state index in [0.717, 1.165) is 29.7 Å². The fraction of sp³-hybridized carbons (Fsp3) is 0.409. The van der Waals surface area contributed by atoms with Gasteiger partial charge in [0, 0.05) is 17.7 Å². The minimum atomic E-state index is -0.0720. The molecule has 0 radical (unpaired) electrons. The summed E-state index contributed by atoms with van der Waals surface area (Å²) in [6.45, 7) is 0.439. The van der Waals surface area contributed by atoms with Crippen LogP contribution in [-0.4, -0.2) is 26.2 Å². The number of benzene rings is 2. The largest absolute Gasteiger partial charge is 0.497 e. The molecule has 2 aromatic rings. The highest BCUT2D eigenvalue weighted by molar-refractivity contribution is 5.79. The molecule has 3 rings (SSSR count). The van der Waals surface area contributed by atoms with Crippen molar-refractivity contribution in [3.8, 4) is 17.2 Å². The summed E-state index contributed by atoms with van der Waals surface area (Å²) in [6.07, 6.45) is 5.19. The summed E-state index contributed by atoms with van der Waals surface area (Å²) < 4.78 is 16.7. The summed E-state index contributed by atoms with van der Waals surface area (Å²) >= 11 is 0. The molecule has 2 aromatic carbocycles. The Balaban J connectivity index is 1.61. The predicted molar refractivity (Wildman–Crippen MR) is 104 cm³/mol. The molecule has 27 heavy (non-hydrogen) atoms. The van der Waals surface area contributed by atoms with E-state index in [1.54, 1.807) is 14.2 Å². The number of para-hydroxylation sites is 1. The van der Waals surface area contributed by atoms with Gasteiger partial charge < -0.3 is 19.5 Å². The van der Waals surface area contributed by atoms with Crippen molar-refractivity contribution >= 4 is 5.91 Å². The quantitative estimate of drug-likeness (QED) is 0.767. The molecule has 0 bridgehead atoms. The van der Waals surface area contributed by atoms with Crippen molar-refractivity contribution in [1.82, 2.24) is 5.32 Å². The first-order valence-electron chi connectivity index (χ1n) is 9.41. The maximum Gasteiger partial charge on any atom is 0.224 e. The summed E-state index contributed by atoms with van der Waals surface area (Å²) in [7, 11) is 3.20. The van der Waals surface area contributed by atoms with E-state index in [2.05, 4.69) is 5.32 Å². The van der Waals surface area contributed by atoms with E-state index in [-0.39, 0.29) is 12.3 Å². The molecule has 1 N–H and O–H groups in total. The Morgan fingerprint density at radius 1 is 1.00 bits per heavy atom. The lowest BCUT2D eigenvalue weighted by molar-refractivity contribution is -0.120. The van der Waals surface area contributed by atoms with Crippen LogP contribution >= 0.6 is 0 Å². The molecule has 0 unspecified atom stereocenters. The molecule has 1 saturated carbocycles. The van der Waals surface area contributed by atoms with Crippen molar-refractivity contribution in [3.63, 3.8) is 0 Å². The van der Waals surface area contributed by atoms with Crippen molar-refractivity contribution in [2.75, 3.05) is 14.2 Å². The molecular weight excluding hydrogens is 342 g/mol. The fourth-order valence-corrected chi connectivity index (χ4v) is 3.40. The maximum atomic E-state index is 12.5. The SMILES string of the molecule is COc1ccc(OC)c(CC(=O)NCc2ccccc2OC2CCCC2)c1. The van der Waals surface area contributed by atoms with E-state index >= 15 is 0 Å². The number of carbonyl (C=O) groups is 1. The van der Waals surface area contributed by atoms with Gasteiger partial charge in [-0.25, -0.2) is 0 Å². The first-order chi connectivity index (χ1) is 13.2. The smallest absolute Gasteiger partial charge is 0.224 e. The van der Waals surface area contributed by atoms with Crippen LogP contribution in [0.5, 0.6) is 17.2 Å². The average Bonchev–Trinajstić information content (AvgIpc) is 3.20. The summed E-state index contributed by atoms with van der Waals surface area (Å²) in [5.74, 6) is 2.17. The van der Waals surface area contributed by atoms with Gasteiger partial charge in [0.05, 0.1) is 26.7 Å². The summed E-state index contributed by atoms with van der Waals surface area (Å²) in [5.41, 5.74) is 1.79. The van der Waals surface area contributed by atoms with Crippen molar-refractivity contribution in [1.29, 1.82) is 0 Å². The van der Waals surface area contributed by atoms with Crippen LogP contribution in [0.4, 0.5) is 0 Å². The average molecular weight is 369 g/mol. The molecule has 0 atom stereocenters. The minimum Gasteiger partial charge on any atom is -0.497 e. The van der Waals surface area contributed by atoms with Crippen LogP contribution in [0.1, 0.15) is 36.8 Å². The monoisotopic (exact) mass is 369 g/mol. The lowest BCUT2D eigenvalue weighted by Crippen LogP contribution is -2.25. The topological polar surface area (TPSA) is 56.8 Å². The number of rotatable bonds is 8. The van der Waals surface area contributed by atoms with E-state index in [4.69, 9.17) is 14.2 Å². The zero-order valence-electron chi connectivity index (χ0n) is 16.0. The summed E-state index contributed by atoms with van der Waals surface area (Å²) in [5, 5.41) is 2.99. The third-order valence-electron chi connectivity index (χ3n) is 4.88. The first-order valence-corrected chi connectivity index (χ1v) is 9.41. The lowest BCUT2D eigenvalue weighted by Gasteiger charge is -2.17. The molecule has 1 fully saturated rings. The highest BCUT2D eigenvalue weighted by Crippen LogP contribution is 2.27. The fourth-order valence-electron chi connectivity index (χ4n) is 3.40. The zero-order valence-corrected chi connectivity index (χ0v) is 16.0. The van der Waals surface area contributed by atoms with Gasteiger partial charge in [0.2, 0.25) is 5.91 Å². The van der Waals surface area contributed by atoms with E-state index < -0.39 is 0 Å². The Labute approximate surface area is 160 Å². The summed E-state index contributed by atoms with van der Waals surface area (Å²) in [4.78, 5) is 12.5. The van der Waals surface area contributed by atoms with E-state index in [9.17, 15) is 4.79 Å². The molecule has 0 saturated heterocycles. The van der Waals surface area contributed by atoms with Crippen LogP contribution in [0.15, 0.2) is 42.5 Å². The number of nitrogens with one attached hydrogen (secondary N) is 1. The lowest BCUT2D eigenvalue weighted by atomic mass is 10.1. The highest BCUT2D eigenvalue weighted by Gasteiger charge is 2.18. The van der Waals surface area contributed by atoms with Gasteiger partial charge in [-0.1, -0.05) is 18.2 Å². The van der Waals surface area contributed by atoms with E-state index in [0.29, 0.717) is 24.1 Å². The second-order valence-electron chi connectivity index (χ2n) is 6.76. The molecule has 1 amide bonds. The number of ether oxygens (including phenoxy) is 3. The van der Waals surface area contributed by atoms with Crippen LogP contribution in [0.2, 0.25) is 0 Å². The standard InChI is InChI=1S/C22H27NO4/c1-25-19-11-12-20(26-2)17(13-19)14-22(24)23-15-16-7-3-6-10-21(16)27-18-8-4-5-9-18/h3,6-7,10-13,18H,4-5,8-9,14-15H2,1-2H3,(H,23,24). The van der Waals surface area contributed by atoms with Gasteiger partial charge in [0.25, 0.3) is 0 Å². The van der Waals surface area contributed by atoms with Crippen LogP contribution in [-0.2, 0) is 17.8 Å². The third kappa shape index (κ3) is 5.16. The number of methoxy groups -OCH3 is 2. The van der Waals surface area contributed by atoms with Gasteiger partial charge in [-0.05, 0) is 49.9 Å². The van der Waals surface area contributed by atoms with Gasteiger partial charge in [-0.15, -0.1) is 0 Å². The molecule has 144 valence electrons. The van der Waals surface area contributed by atoms with Crippen molar-refractivity contribution in [2.45, 2.75) is 44.8 Å². The second-order valence-corrected chi connectivity index (χ2v) is 6.76. The Hall–Kier alpha value is -2.69. The van der Waals surface area contributed by atoms with Crippen molar-refractivity contribution in [3.05, 3.63) is 53.6 Å². The van der Waals surface area contributed by atoms with Gasteiger partial charge in [0.1, 0.15) is 17.2 Å². The molecular formula is C22H27NO4. The molecule has 0 aromatic heterocycles. The van der Waals surface area contributed by atoms with Crippen LogP contribution in [0, 0.1) is 0 Å². The first kappa shape index (κ1) is 19.1. The number of amides is 1. The minimum absolute atomic E-state index is 0.0720. The zero-order chi connectivity index (χ0) is 19.1. The highest BCUT2D eigenvalue weighted by atomic mass is 16.5. The van der Waals surface area contributed by atoms with Gasteiger partial charge in [0.15, 0.2) is 0 Å². The van der Waals surface area contributed by atoms with E-state index in [1.807, 2.05) is 42.5 Å². The molecule has 0 heterocycles. The third-order valence-corrected chi connectivity index (χ3v) is 4.88. The van der Waals surface area contributed by atoms with Crippen LogP contribution in [0.25, 0.3) is 0 Å². The number of carbonyl (C=O) groups excluding carboxylic acids is 1. The number of hydrogen-bond donors (Lipinski definition) is 1. The maximum absolute atomic E-state index is 12.5. The normalized spacial score (nSPS) is 14.0. The molecule has 1 aliphatic rings. The van der Waals surface area contributed by atoms with Gasteiger partial charge in [-0.3, -0.25) is 4.79 Å². The predicted octanol–water partition coefficient (Wildman–Crippen LogP) is 3.88. The number of hydrogen-bond acceptors (Lipinski definition) is 4. The Morgan fingerprint density at radius 2 is 1.78 bits per heavy atom. The van der Waals surface area contributed by atoms with Gasteiger partial charge in [-0.2, -0.15) is 0 Å². The second kappa shape index (κ2) is 9.31.